The molecule has 20 heavy (non-hydrogen) atoms. The van der Waals surface area contributed by atoms with E-state index >= 15 is 0 Å². The summed E-state index contributed by atoms with van der Waals surface area (Å²) in [5, 5.41) is 5.91. The summed E-state index contributed by atoms with van der Waals surface area (Å²) in [5.74, 6) is 1.23. The fraction of sp³-hybridized carbons (Fsp3) is 0.533. The standard InChI is InChI=1S/C15H24N2O3/c1-6-17-15(18)11(3)20-14-9-12(19-5)7-8-13(14)10(2)16-4/h7-11,16H,6H2,1-5H3,(H,17,18). The Morgan fingerprint density at radius 3 is 2.60 bits per heavy atom. The van der Waals surface area contributed by atoms with E-state index in [1.807, 2.05) is 33.0 Å². The lowest BCUT2D eigenvalue weighted by Gasteiger charge is -2.20. The largest absolute Gasteiger partial charge is 0.497 e. The summed E-state index contributed by atoms with van der Waals surface area (Å²) in [5.41, 5.74) is 0.990. The molecule has 0 heterocycles. The molecule has 0 bridgehead atoms. The molecule has 2 atom stereocenters. The highest BCUT2D eigenvalue weighted by atomic mass is 16.5. The molecule has 0 aliphatic rings. The lowest BCUT2D eigenvalue weighted by Crippen LogP contribution is -2.36. The van der Waals surface area contributed by atoms with Gasteiger partial charge in [-0.3, -0.25) is 4.79 Å². The molecule has 1 amide bonds. The highest BCUT2D eigenvalue weighted by molar-refractivity contribution is 5.80. The van der Waals surface area contributed by atoms with Crippen molar-refractivity contribution >= 4 is 5.91 Å². The number of carbonyl (C=O) groups excluding carboxylic acids is 1. The number of nitrogens with one attached hydrogen (secondary N) is 2. The molecule has 1 rings (SSSR count). The summed E-state index contributed by atoms with van der Waals surface area (Å²) < 4.78 is 11.0. The highest BCUT2D eigenvalue weighted by Gasteiger charge is 2.18. The Bertz CT molecular complexity index is 449. The van der Waals surface area contributed by atoms with E-state index < -0.39 is 6.10 Å². The number of benzene rings is 1. The van der Waals surface area contributed by atoms with Crippen LogP contribution in [0.25, 0.3) is 0 Å². The van der Waals surface area contributed by atoms with Crippen molar-refractivity contribution < 1.29 is 14.3 Å². The molecular weight excluding hydrogens is 256 g/mol. The third-order valence-corrected chi connectivity index (χ3v) is 3.14. The van der Waals surface area contributed by atoms with E-state index in [0.717, 1.165) is 5.56 Å². The zero-order valence-corrected chi connectivity index (χ0v) is 12.8. The molecule has 112 valence electrons. The van der Waals surface area contributed by atoms with Gasteiger partial charge in [-0.1, -0.05) is 6.07 Å². The van der Waals surface area contributed by atoms with Crippen LogP contribution in [0.5, 0.6) is 11.5 Å². The molecule has 0 fully saturated rings. The minimum Gasteiger partial charge on any atom is -0.497 e. The predicted molar refractivity (Wildman–Crippen MR) is 79.2 cm³/mol. The van der Waals surface area contributed by atoms with Gasteiger partial charge in [-0.2, -0.15) is 0 Å². The number of likely N-dealkylation sites (N-methyl/N-ethyl adjacent to an activating group) is 1. The van der Waals surface area contributed by atoms with Gasteiger partial charge in [-0.25, -0.2) is 0 Å². The normalized spacial score (nSPS) is 13.4. The van der Waals surface area contributed by atoms with Crippen molar-refractivity contribution in [1.82, 2.24) is 10.6 Å². The van der Waals surface area contributed by atoms with Gasteiger partial charge in [-0.05, 0) is 33.9 Å². The second-order valence-electron chi connectivity index (χ2n) is 4.57. The lowest BCUT2D eigenvalue weighted by molar-refractivity contribution is -0.127. The van der Waals surface area contributed by atoms with Gasteiger partial charge in [0.1, 0.15) is 11.5 Å². The number of carbonyl (C=O) groups is 1. The zero-order valence-electron chi connectivity index (χ0n) is 12.8. The Kier molecular flexibility index (Phi) is 6.31. The topological polar surface area (TPSA) is 59.6 Å². The van der Waals surface area contributed by atoms with Crippen LogP contribution in [0.3, 0.4) is 0 Å². The first kappa shape index (κ1) is 16.3. The Morgan fingerprint density at radius 1 is 1.35 bits per heavy atom. The summed E-state index contributed by atoms with van der Waals surface area (Å²) in [6.07, 6.45) is -0.551. The van der Waals surface area contributed by atoms with E-state index in [-0.39, 0.29) is 11.9 Å². The SMILES string of the molecule is CCNC(=O)C(C)Oc1cc(OC)ccc1C(C)NC. The molecule has 5 nitrogen and oxygen atoms in total. The quantitative estimate of drug-likeness (QED) is 0.800. The van der Waals surface area contributed by atoms with Crippen LogP contribution in [-0.4, -0.2) is 32.7 Å². The maximum absolute atomic E-state index is 11.8. The van der Waals surface area contributed by atoms with Crippen LogP contribution in [0.15, 0.2) is 18.2 Å². The number of hydrogen-bond acceptors (Lipinski definition) is 4. The summed E-state index contributed by atoms with van der Waals surface area (Å²) in [6.45, 7) is 6.23. The number of amides is 1. The van der Waals surface area contributed by atoms with Gasteiger partial charge < -0.3 is 20.1 Å². The molecule has 0 radical (unpaired) electrons. The van der Waals surface area contributed by atoms with E-state index in [2.05, 4.69) is 10.6 Å². The molecule has 5 heteroatoms. The van der Waals surface area contributed by atoms with E-state index in [1.165, 1.54) is 0 Å². The van der Waals surface area contributed by atoms with Gasteiger partial charge in [0.2, 0.25) is 0 Å². The van der Waals surface area contributed by atoms with Crippen LogP contribution in [0, 0.1) is 0 Å². The van der Waals surface area contributed by atoms with Crippen molar-refractivity contribution in [2.45, 2.75) is 32.9 Å². The highest BCUT2D eigenvalue weighted by Crippen LogP contribution is 2.30. The third-order valence-electron chi connectivity index (χ3n) is 3.14. The number of hydrogen-bond donors (Lipinski definition) is 2. The smallest absolute Gasteiger partial charge is 0.260 e. The fourth-order valence-corrected chi connectivity index (χ4v) is 1.82. The van der Waals surface area contributed by atoms with E-state index in [9.17, 15) is 4.79 Å². The van der Waals surface area contributed by atoms with Gasteiger partial charge in [0.05, 0.1) is 7.11 Å². The van der Waals surface area contributed by atoms with Gasteiger partial charge in [0.15, 0.2) is 6.10 Å². The lowest BCUT2D eigenvalue weighted by atomic mass is 10.1. The van der Waals surface area contributed by atoms with Crippen molar-refractivity contribution in [2.24, 2.45) is 0 Å². The monoisotopic (exact) mass is 280 g/mol. The summed E-state index contributed by atoms with van der Waals surface area (Å²) in [4.78, 5) is 11.8. The minimum atomic E-state index is -0.551. The summed E-state index contributed by atoms with van der Waals surface area (Å²) in [7, 11) is 3.49. The van der Waals surface area contributed by atoms with Crippen LogP contribution >= 0.6 is 0 Å². The fourth-order valence-electron chi connectivity index (χ4n) is 1.82. The summed E-state index contributed by atoms with van der Waals surface area (Å²) >= 11 is 0. The maximum Gasteiger partial charge on any atom is 0.260 e. The second-order valence-corrected chi connectivity index (χ2v) is 4.57. The molecule has 0 aromatic heterocycles. The molecule has 0 saturated heterocycles. The van der Waals surface area contributed by atoms with Crippen molar-refractivity contribution in [3.05, 3.63) is 23.8 Å². The van der Waals surface area contributed by atoms with Crippen LogP contribution in [0.1, 0.15) is 32.4 Å². The first-order valence-corrected chi connectivity index (χ1v) is 6.83. The van der Waals surface area contributed by atoms with Gasteiger partial charge in [0, 0.05) is 24.2 Å². The Balaban J connectivity index is 2.98. The molecule has 1 aromatic carbocycles. The van der Waals surface area contributed by atoms with Crippen LogP contribution in [0.2, 0.25) is 0 Å². The predicted octanol–water partition coefficient (Wildman–Crippen LogP) is 1.88. The maximum atomic E-state index is 11.8. The minimum absolute atomic E-state index is 0.123. The first-order valence-electron chi connectivity index (χ1n) is 6.83. The zero-order chi connectivity index (χ0) is 15.1. The molecule has 2 unspecified atom stereocenters. The Morgan fingerprint density at radius 2 is 2.05 bits per heavy atom. The average Bonchev–Trinajstić information content (AvgIpc) is 2.46. The third kappa shape index (κ3) is 4.13. The Labute approximate surface area is 120 Å². The number of ether oxygens (including phenoxy) is 2. The molecule has 2 N–H and O–H groups in total. The molecule has 0 aliphatic carbocycles. The number of rotatable bonds is 7. The van der Waals surface area contributed by atoms with Crippen LogP contribution < -0.4 is 20.1 Å². The van der Waals surface area contributed by atoms with Gasteiger partial charge in [0.25, 0.3) is 5.91 Å². The van der Waals surface area contributed by atoms with Crippen molar-refractivity contribution in [1.29, 1.82) is 0 Å². The molecular formula is C15H24N2O3. The van der Waals surface area contributed by atoms with E-state index in [4.69, 9.17) is 9.47 Å². The van der Waals surface area contributed by atoms with Crippen molar-refractivity contribution in [3.8, 4) is 11.5 Å². The molecule has 0 spiro atoms. The average molecular weight is 280 g/mol. The second kappa shape index (κ2) is 7.75. The first-order chi connectivity index (χ1) is 9.53. The van der Waals surface area contributed by atoms with Crippen molar-refractivity contribution in [3.63, 3.8) is 0 Å². The molecule has 0 saturated carbocycles. The Hall–Kier alpha value is -1.75. The van der Waals surface area contributed by atoms with Crippen LogP contribution in [0.4, 0.5) is 0 Å². The van der Waals surface area contributed by atoms with E-state index in [1.54, 1.807) is 20.1 Å². The molecule has 0 aliphatic heterocycles. The molecule has 1 aromatic rings. The van der Waals surface area contributed by atoms with E-state index in [0.29, 0.717) is 18.0 Å². The number of methoxy groups -OCH3 is 1. The summed E-state index contributed by atoms with van der Waals surface area (Å²) in [6, 6.07) is 5.75. The van der Waals surface area contributed by atoms with Crippen molar-refractivity contribution in [2.75, 3.05) is 20.7 Å². The van der Waals surface area contributed by atoms with Gasteiger partial charge in [-0.15, -0.1) is 0 Å². The van der Waals surface area contributed by atoms with Gasteiger partial charge >= 0.3 is 0 Å². The van der Waals surface area contributed by atoms with Crippen LogP contribution in [-0.2, 0) is 4.79 Å².